The molecule has 1 aliphatic rings. The van der Waals surface area contributed by atoms with Crippen LogP contribution in [-0.4, -0.2) is 22.7 Å². The van der Waals surface area contributed by atoms with Crippen LogP contribution in [0.4, 0.5) is 11.4 Å². The van der Waals surface area contributed by atoms with Crippen LogP contribution in [0.3, 0.4) is 0 Å². The molecule has 2 atom stereocenters. The number of rotatable bonds is 4. The Morgan fingerprint density at radius 3 is 2.95 bits per heavy atom. The Morgan fingerprint density at radius 2 is 2.30 bits per heavy atom. The second-order valence-corrected chi connectivity index (χ2v) is 5.17. The molecule has 6 nitrogen and oxygen atoms in total. The van der Waals surface area contributed by atoms with Crippen molar-refractivity contribution in [2.24, 2.45) is 5.92 Å². The van der Waals surface area contributed by atoms with Crippen LogP contribution >= 0.6 is 0 Å². The van der Waals surface area contributed by atoms with Gasteiger partial charge in [0.2, 0.25) is 0 Å². The molecule has 1 saturated carbocycles. The van der Waals surface area contributed by atoms with Crippen molar-refractivity contribution < 1.29 is 10.0 Å². The molecule has 0 aliphatic heterocycles. The van der Waals surface area contributed by atoms with Crippen LogP contribution < -0.4 is 5.32 Å². The second-order valence-electron chi connectivity index (χ2n) is 5.17. The molecule has 1 aliphatic carbocycles. The molecule has 6 heteroatoms. The van der Waals surface area contributed by atoms with Crippen molar-refractivity contribution in [3.05, 3.63) is 33.9 Å². The molecule has 106 valence electrons. The van der Waals surface area contributed by atoms with E-state index in [9.17, 15) is 15.2 Å². The van der Waals surface area contributed by atoms with Gasteiger partial charge in [-0.25, -0.2) is 0 Å². The van der Waals surface area contributed by atoms with Crippen LogP contribution in [0.2, 0.25) is 0 Å². The molecule has 0 aromatic heterocycles. The first kappa shape index (κ1) is 14.3. The van der Waals surface area contributed by atoms with Crippen molar-refractivity contribution >= 4 is 11.4 Å². The summed E-state index contributed by atoms with van der Waals surface area (Å²) in [6.07, 6.45) is 3.53. The molecule has 0 saturated heterocycles. The number of nitro benzene ring substituents is 1. The monoisotopic (exact) mass is 275 g/mol. The summed E-state index contributed by atoms with van der Waals surface area (Å²) in [5.41, 5.74) is 0.585. The zero-order valence-electron chi connectivity index (χ0n) is 11.1. The van der Waals surface area contributed by atoms with E-state index in [0.717, 1.165) is 25.7 Å². The highest BCUT2D eigenvalue weighted by Crippen LogP contribution is 2.26. The van der Waals surface area contributed by atoms with Gasteiger partial charge in [-0.3, -0.25) is 10.1 Å². The van der Waals surface area contributed by atoms with Crippen molar-refractivity contribution in [1.82, 2.24) is 0 Å². The van der Waals surface area contributed by atoms with Crippen LogP contribution in [0.1, 0.15) is 31.2 Å². The number of nitro groups is 1. The third-order valence-corrected chi connectivity index (χ3v) is 3.66. The maximum atomic E-state index is 10.7. The largest absolute Gasteiger partial charge is 0.393 e. The Labute approximate surface area is 117 Å². The number of aliphatic hydroxyl groups is 1. The molecule has 20 heavy (non-hydrogen) atoms. The highest BCUT2D eigenvalue weighted by molar-refractivity contribution is 5.58. The fraction of sp³-hybridized carbons (Fsp3) is 0.500. The van der Waals surface area contributed by atoms with E-state index >= 15 is 0 Å². The molecule has 1 fully saturated rings. The summed E-state index contributed by atoms with van der Waals surface area (Å²) in [6, 6.07) is 6.29. The van der Waals surface area contributed by atoms with Crippen LogP contribution in [0.25, 0.3) is 0 Å². The first-order valence-corrected chi connectivity index (χ1v) is 6.70. The van der Waals surface area contributed by atoms with Crippen molar-refractivity contribution in [1.29, 1.82) is 5.26 Å². The summed E-state index contributed by atoms with van der Waals surface area (Å²) in [7, 11) is 0. The van der Waals surface area contributed by atoms with Gasteiger partial charge < -0.3 is 10.4 Å². The van der Waals surface area contributed by atoms with Gasteiger partial charge in [0.15, 0.2) is 0 Å². The highest BCUT2D eigenvalue weighted by Gasteiger charge is 2.20. The fourth-order valence-electron chi connectivity index (χ4n) is 2.60. The first-order chi connectivity index (χ1) is 9.60. The molecular weight excluding hydrogens is 258 g/mol. The Hall–Kier alpha value is -2.13. The van der Waals surface area contributed by atoms with Gasteiger partial charge in [0.25, 0.3) is 5.69 Å². The summed E-state index contributed by atoms with van der Waals surface area (Å²) in [4.78, 5) is 10.2. The second kappa shape index (κ2) is 6.35. The van der Waals surface area contributed by atoms with E-state index in [1.54, 1.807) is 6.07 Å². The van der Waals surface area contributed by atoms with Gasteiger partial charge in [-0.2, -0.15) is 5.26 Å². The van der Waals surface area contributed by atoms with E-state index in [4.69, 9.17) is 5.26 Å². The number of anilines is 1. The summed E-state index contributed by atoms with van der Waals surface area (Å²) >= 11 is 0. The van der Waals surface area contributed by atoms with Gasteiger partial charge in [0.1, 0.15) is 11.6 Å². The third-order valence-electron chi connectivity index (χ3n) is 3.66. The summed E-state index contributed by atoms with van der Waals surface area (Å²) in [5.74, 6) is 0.402. The lowest BCUT2D eigenvalue weighted by molar-refractivity contribution is -0.385. The third kappa shape index (κ3) is 3.45. The van der Waals surface area contributed by atoms with E-state index in [1.807, 2.05) is 6.07 Å². The number of nitrogens with zero attached hydrogens (tertiary/aromatic N) is 2. The van der Waals surface area contributed by atoms with Crippen LogP contribution in [-0.2, 0) is 0 Å². The van der Waals surface area contributed by atoms with Crippen LogP contribution in [0.15, 0.2) is 18.2 Å². The van der Waals surface area contributed by atoms with E-state index in [0.29, 0.717) is 18.2 Å². The average molecular weight is 275 g/mol. The van der Waals surface area contributed by atoms with Gasteiger partial charge in [-0.05, 0) is 37.3 Å². The quantitative estimate of drug-likeness (QED) is 0.649. The van der Waals surface area contributed by atoms with E-state index in [2.05, 4.69) is 5.32 Å². The van der Waals surface area contributed by atoms with Crippen molar-refractivity contribution in [3.8, 4) is 6.07 Å². The number of nitrogens with one attached hydrogen (secondary N) is 1. The predicted molar refractivity (Wildman–Crippen MR) is 74.3 cm³/mol. The molecule has 0 bridgehead atoms. The minimum Gasteiger partial charge on any atom is -0.393 e. The van der Waals surface area contributed by atoms with Gasteiger partial charge in [-0.1, -0.05) is 6.42 Å². The van der Waals surface area contributed by atoms with Crippen molar-refractivity contribution in [2.45, 2.75) is 31.8 Å². The molecule has 0 radical (unpaired) electrons. The summed E-state index contributed by atoms with van der Waals surface area (Å²) < 4.78 is 0. The molecule has 0 amide bonds. The van der Waals surface area contributed by atoms with Crippen LogP contribution in [0, 0.1) is 27.4 Å². The van der Waals surface area contributed by atoms with Gasteiger partial charge in [-0.15, -0.1) is 0 Å². The van der Waals surface area contributed by atoms with E-state index in [-0.39, 0.29) is 17.4 Å². The molecular formula is C14H17N3O3. The minimum atomic E-state index is -0.556. The van der Waals surface area contributed by atoms with E-state index < -0.39 is 4.92 Å². The number of aliphatic hydroxyl groups excluding tert-OH is 1. The Bertz CT molecular complexity index is 539. The molecule has 1 aromatic rings. The topological polar surface area (TPSA) is 99.2 Å². The molecule has 0 heterocycles. The molecule has 2 unspecified atom stereocenters. The van der Waals surface area contributed by atoms with Gasteiger partial charge >= 0.3 is 0 Å². The zero-order chi connectivity index (χ0) is 14.5. The zero-order valence-corrected chi connectivity index (χ0v) is 11.1. The average Bonchev–Trinajstić information content (AvgIpc) is 2.44. The fourth-order valence-corrected chi connectivity index (χ4v) is 2.60. The lowest BCUT2D eigenvalue weighted by Crippen LogP contribution is -2.25. The van der Waals surface area contributed by atoms with Gasteiger partial charge in [0.05, 0.1) is 11.0 Å². The lowest BCUT2D eigenvalue weighted by Gasteiger charge is -2.26. The van der Waals surface area contributed by atoms with Crippen molar-refractivity contribution in [3.63, 3.8) is 0 Å². The predicted octanol–water partition coefficient (Wildman–Crippen LogP) is 2.43. The number of hydrogen-bond acceptors (Lipinski definition) is 5. The highest BCUT2D eigenvalue weighted by atomic mass is 16.6. The minimum absolute atomic E-state index is 0.0590. The SMILES string of the molecule is N#Cc1cc(NCC2CCCC(O)C2)ccc1[N+](=O)[O-]. The number of hydrogen-bond donors (Lipinski definition) is 2. The van der Waals surface area contributed by atoms with E-state index in [1.165, 1.54) is 12.1 Å². The normalized spacial score (nSPS) is 22.0. The first-order valence-electron chi connectivity index (χ1n) is 6.70. The summed E-state index contributed by atoms with van der Waals surface area (Å²) in [6.45, 7) is 0.708. The molecule has 2 rings (SSSR count). The number of benzene rings is 1. The van der Waals surface area contributed by atoms with Crippen molar-refractivity contribution in [2.75, 3.05) is 11.9 Å². The number of nitriles is 1. The maximum absolute atomic E-state index is 10.7. The Balaban J connectivity index is 2.00. The smallest absolute Gasteiger partial charge is 0.287 e. The molecule has 0 spiro atoms. The Morgan fingerprint density at radius 1 is 1.50 bits per heavy atom. The van der Waals surface area contributed by atoms with Gasteiger partial charge in [0, 0.05) is 18.3 Å². The Kier molecular flexibility index (Phi) is 4.53. The molecule has 1 aromatic carbocycles. The lowest BCUT2D eigenvalue weighted by atomic mass is 9.87. The summed E-state index contributed by atoms with van der Waals surface area (Å²) in [5, 5.41) is 32.5. The van der Waals surface area contributed by atoms with Crippen LogP contribution in [0.5, 0.6) is 0 Å². The molecule has 2 N–H and O–H groups in total. The maximum Gasteiger partial charge on any atom is 0.287 e. The standard InChI is InChI=1S/C14H17N3O3/c15-8-11-7-12(4-5-14(11)17(19)20)16-9-10-2-1-3-13(18)6-10/h4-5,7,10,13,16,18H,1-3,6,9H2.